The van der Waals surface area contributed by atoms with Gasteiger partial charge in [0.05, 0.1) is 12.5 Å². The molecule has 0 saturated carbocycles. The van der Waals surface area contributed by atoms with E-state index in [9.17, 15) is 9.59 Å². The van der Waals surface area contributed by atoms with Crippen molar-refractivity contribution in [3.63, 3.8) is 0 Å². The average Bonchev–Trinajstić information content (AvgIpc) is 2.64. The maximum Gasteiger partial charge on any atom is 0.307 e. The van der Waals surface area contributed by atoms with Crippen LogP contribution in [-0.2, 0) is 9.59 Å². The lowest BCUT2D eigenvalue weighted by Crippen LogP contribution is -2.46. The maximum absolute atomic E-state index is 12.2. The van der Waals surface area contributed by atoms with Crippen LogP contribution in [0.4, 0.5) is 0 Å². The summed E-state index contributed by atoms with van der Waals surface area (Å²) in [6.45, 7) is 9.53. The molecule has 0 aromatic heterocycles. The third kappa shape index (κ3) is 4.99. The van der Waals surface area contributed by atoms with Crippen molar-refractivity contribution in [2.75, 3.05) is 19.6 Å². The van der Waals surface area contributed by atoms with Crippen molar-refractivity contribution >= 4 is 24.3 Å². The van der Waals surface area contributed by atoms with E-state index in [0.29, 0.717) is 26.1 Å². The van der Waals surface area contributed by atoms with Crippen LogP contribution < -0.4 is 0 Å². The number of carboxylic acids is 1. The fourth-order valence-corrected chi connectivity index (χ4v) is 2.62. The number of amides is 1. The minimum absolute atomic E-state index is 0. The van der Waals surface area contributed by atoms with Gasteiger partial charge in [-0.25, -0.2) is 0 Å². The van der Waals surface area contributed by atoms with Crippen molar-refractivity contribution in [2.24, 2.45) is 5.92 Å². The molecule has 1 N–H and O–H groups in total. The molecule has 19 heavy (non-hydrogen) atoms. The molecule has 5 nitrogen and oxygen atoms in total. The molecule has 1 heterocycles. The molecular formula is C13H25ClN2O3. The van der Waals surface area contributed by atoms with E-state index < -0.39 is 5.97 Å². The Bertz CT molecular complexity index is 313. The molecule has 0 bridgehead atoms. The standard InChI is InChI=1S/C13H24N2O3.ClH/c1-9(2)15(10(3)4)12(16)8-14-6-5-11(7-14)13(17)18;/h9-11H,5-8H2,1-4H3,(H,17,18);1H. The highest BCUT2D eigenvalue weighted by Gasteiger charge is 2.30. The molecule has 6 heteroatoms. The molecule has 1 amide bonds. The topological polar surface area (TPSA) is 60.9 Å². The normalized spacial score (nSPS) is 19.6. The number of likely N-dealkylation sites (tertiary alicyclic amines) is 1. The van der Waals surface area contributed by atoms with Crippen LogP contribution in [0.5, 0.6) is 0 Å². The van der Waals surface area contributed by atoms with Crippen molar-refractivity contribution in [3.8, 4) is 0 Å². The number of carboxylic acid groups (broad SMARTS) is 1. The Morgan fingerprint density at radius 3 is 2.16 bits per heavy atom. The first-order valence-corrected chi connectivity index (χ1v) is 6.59. The first-order valence-electron chi connectivity index (χ1n) is 6.59. The van der Waals surface area contributed by atoms with Crippen LogP contribution in [0.25, 0.3) is 0 Å². The van der Waals surface area contributed by atoms with Gasteiger partial charge in [-0.05, 0) is 40.7 Å². The molecule has 0 radical (unpaired) electrons. The Balaban J connectivity index is 0.00000324. The summed E-state index contributed by atoms with van der Waals surface area (Å²) in [6.07, 6.45) is 0.645. The summed E-state index contributed by atoms with van der Waals surface area (Å²) >= 11 is 0. The smallest absolute Gasteiger partial charge is 0.307 e. The van der Waals surface area contributed by atoms with Gasteiger partial charge < -0.3 is 10.0 Å². The summed E-state index contributed by atoms with van der Waals surface area (Å²) in [5, 5.41) is 8.93. The summed E-state index contributed by atoms with van der Waals surface area (Å²) in [6, 6.07) is 0.353. The second-order valence-corrected chi connectivity index (χ2v) is 5.55. The zero-order valence-corrected chi connectivity index (χ0v) is 12.9. The lowest BCUT2D eigenvalue weighted by molar-refractivity contribution is -0.142. The summed E-state index contributed by atoms with van der Waals surface area (Å²) < 4.78 is 0. The van der Waals surface area contributed by atoms with Gasteiger partial charge in [-0.1, -0.05) is 0 Å². The molecule has 1 unspecified atom stereocenters. The SMILES string of the molecule is CC(C)N(C(=O)CN1CCC(C(=O)O)C1)C(C)C.Cl. The molecule has 0 spiro atoms. The van der Waals surface area contributed by atoms with Gasteiger partial charge in [0.1, 0.15) is 0 Å². The maximum atomic E-state index is 12.2. The fraction of sp³-hybridized carbons (Fsp3) is 0.846. The summed E-state index contributed by atoms with van der Waals surface area (Å²) in [5.41, 5.74) is 0. The Morgan fingerprint density at radius 2 is 1.79 bits per heavy atom. The van der Waals surface area contributed by atoms with Crippen molar-refractivity contribution in [3.05, 3.63) is 0 Å². The highest BCUT2D eigenvalue weighted by atomic mass is 35.5. The van der Waals surface area contributed by atoms with Crippen LogP contribution >= 0.6 is 12.4 Å². The zero-order valence-electron chi connectivity index (χ0n) is 12.1. The zero-order chi connectivity index (χ0) is 13.9. The van der Waals surface area contributed by atoms with Gasteiger partial charge >= 0.3 is 5.97 Å². The van der Waals surface area contributed by atoms with Crippen LogP contribution in [0.15, 0.2) is 0 Å². The first-order chi connectivity index (χ1) is 8.32. The van der Waals surface area contributed by atoms with Gasteiger partial charge in [-0.2, -0.15) is 0 Å². The minimum Gasteiger partial charge on any atom is -0.481 e. The number of hydrogen-bond donors (Lipinski definition) is 1. The van der Waals surface area contributed by atoms with E-state index in [2.05, 4.69) is 0 Å². The van der Waals surface area contributed by atoms with Crippen LogP contribution in [0.3, 0.4) is 0 Å². The molecule has 1 rings (SSSR count). The number of hydrogen-bond acceptors (Lipinski definition) is 3. The predicted molar refractivity (Wildman–Crippen MR) is 76.5 cm³/mol. The molecule has 0 aromatic carbocycles. The van der Waals surface area contributed by atoms with E-state index in [1.165, 1.54) is 0 Å². The minimum atomic E-state index is -0.755. The molecule has 1 fully saturated rings. The van der Waals surface area contributed by atoms with Crippen LogP contribution in [-0.4, -0.2) is 58.5 Å². The second-order valence-electron chi connectivity index (χ2n) is 5.55. The van der Waals surface area contributed by atoms with Crippen LogP contribution in [0, 0.1) is 5.92 Å². The van der Waals surface area contributed by atoms with E-state index in [1.54, 1.807) is 0 Å². The highest BCUT2D eigenvalue weighted by molar-refractivity contribution is 5.85. The van der Waals surface area contributed by atoms with Crippen molar-refractivity contribution in [2.45, 2.75) is 46.2 Å². The number of nitrogens with zero attached hydrogens (tertiary/aromatic N) is 2. The van der Waals surface area contributed by atoms with Gasteiger partial charge in [0.15, 0.2) is 0 Å². The van der Waals surface area contributed by atoms with Crippen molar-refractivity contribution < 1.29 is 14.7 Å². The summed E-state index contributed by atoms with van der Waals surface area (Å²) in [7, 11) is 0. The molecule has 1 aliphatic heterocycles. The number of halogens is 1. The van der Waals surface area contributed by atoms with Crippen LogP contribution in [0.2, 0.25) is 0 Å². The molecule has 0 aliphatic carbocycles. The van der Waals surface area contributed by atoms with E-state index >= 15 is 0 Å². The lowest BCUT2D eigenvalue weighted by atomic mass is 10.1. The van der Waals surface area contributed by atoms with Crippen molar-refractivity contribution in [1.82, 2.24) is 9.80 Å². The van der Waals surface area contributed by atoms with Gasteiger partial charge in [0.25, 0.3) is 0 Å². The average molecular weight is 293 g/mol. The fourth-order valence-electron chi connectivity index (χ4n) is 2.62. The number of rotatable bonds is 5. The van der Waals surface area contributed by atoms with E-state index in [4.69, 9.17) is 5.11 Å². The number of carbonyl (C=O) groups excluding carboxylic acids is 1. The molecule has 1 saturated heterocycles. The van der Waals surface area contributed by atoms with Gasteiger partial charge in [0, 0.05) is 18.6 Å². The number of carbonyl (C=O) groups is 2. The Labute approximate surface area is 121 Å². The Morgan fingerprint density at radius 1 is 1.26 bits per heavy atom. The molecule has 1 aliphatic rings. The van der Waals surface area contributed by atoms with E-state index in [1.807, 2.05) is 37.5 Å². The molecule has 0 aromatic rings. The lowest BCUT2D eigenvalue weighted by Gasteiger charge is -2.32. The Kier molecular flexibility index (Phi) is 7.37. The quantitative estimate of drug-likeness (QED) is 0.833. The molecule has 112 valence electrons. The van der Waals surface area contributed by atoms with Crippen molar-refractivity contribution in [1.29, 1.82) is 0 Å². The van der Waals surface area contributed by atoms with Crippen LogP contribution in [0.1, 0.15) is 34.1 Å². The highest BCUT2D eigenvalue weighted by Crippen LogP contribution is 2.17. The predicted octanol–water partition coefficient (Wildman–Crippen LogP) is 1.46. The number of aliphatic carboxylic acids is 1. The monoisotopic (exact) mass is 292 g/mol. The van der Waals surface area contributed by atoms with Gasteiger partial charge in [-0.3, -0.25) is 14.5 Å². The molecular weight excluding hydrogens is 268 g/mol. The summed E-state index contributed by atoms with van der Waals surface area (Å²) in [4.78, 5) is 26.9. The van der Waals surface area contributed by atoms with E-state index in [0.717, 1.165) is 0 Å². The van der Waals surface area contributed by atoms with Gasteiger partial charge in [-0.15, -0.1) is 12.4 Å². The van der Waals surface area contributed by atoms with Gasteiger partial charge in [0.2, 0.25) is 5.91 Å². The second kappa shape index (κ2) is 7.70. The third-order valence-electron chi connectivity index (χ3n) is 3.38. The summed E-state index contributed by atoms with van der Waals surface area (Å²) in [5.74, 6) is -0.982. The van der Waals surface area contributed by atoms with E-state index in [-0.39, 0.29) is 36.3 Å². The largest absolute Gasteiger partial charge is 0.481 e. The first kappa shape index (κ1) is 18.2. The third-order valence-corrected chi connectivity index (χ3v) is 3.38. The Hall–Kier alpha value is -0.810. The molecule has 1 atom stereocenters.